The van der Waals surface area contributed by atoms with Crippen LogP contribution in [0.4, 0.5) is 5.69 Å². The molecule has 0 heterocycles. The third-order valence-corrected chi connectivity index (χ3v) is 3.87. The highest BCUT2D eigenvalue weighted by Gasteiger charge is 2.13. The van der Waals surface area contributed by atoms with Crippen molar-refractivity contribution in [2.24, 2.45) is 0 Å². The minimum atomic E-state index is -0.120. The predicted molar refractivity (Wildman–Crippen MR) is 93.9 cm³/mol. The molecule has 0 radical (unpaired) electrons. The van der Waals surface area contributed by atoms with E-state index >= 15 is 0 Å². The van der Waals surface area contributed by atoms with Gasteiger partial charge in [0.15, 0.2) is 5.78 Å². The number of carbonyl (C=O) groups excluding carboxylic acids is 2. The van der Waals surface area contributed by atoms with Gasteiger partial charge in [-0.1, -0.05) is 62.4 Å². The van der Waals surface area contributed by atoms with E-state index in [1.54, 1.807) is 12.1 Å². The molecule has 2 aromatic rings. The molecule has 0 aliphatic heterocycles. The molecule has 0 fully saturated rings. The summed E-state index contributed by atoms with van der Waals surface area (Å²) in [5, 5.41) is 2.98. The van der Waals surface area contributed by atoms with Crippen LogP contribution in [0.2, 0.25) is 0 Å². The van der Waals surface area contributed by atoms with Gasteiger partial charge >= 0.3 is 0 Å². The highest BCUT2D eigenvalue weighted by atomic mass is 16.2. The van der Waals surface area contributed by atoms with E-state index in [0.717, 1.165) is 16.8 Å². The second-order valence-electron chi connectivity index (χ2n) is 6.03. The van der Waals surface area contributed by atoms with Crippen molar-refractivity contribution in [3.05, 3.63) is 65.2 Å². The maximum Gasteiger partial charge on any atom is 0.224 e. The predicted octanol–water partition coefficient (Wildman–Crippen LogP) is 4.72. The Kier molecular flexibility index (Phi) is 5.69. The summed E-state index contributed by atoms with van der Waals surface area (Å²) in [4.78, 5) is 24.3. The molecule has 3 nitrogen and oxygen atoms in total. The van der Waals surface area contributed by atoms with Crippen LogP contribution < -0.4 is 5.32 Å². The third kappa shape index (κ3) is 4.52. The van der Waals surface area contributed by atoms with Crippen LogP contribution in [-0.4, -0.2) is 11.7 Å². The average Bonchev–Trinajstić information content (AvgIpc) is 2.55. The lowest BCUT2D eigenvalue weighted by Crippen LogP contribution is -2.16. The van der Waals surface area contributed by atoms with E-state index in [-0.39, 0.29) is 24.5 Å². The van der Waals surface area contributed by atoms with Gasteiger partial charge in [0.1, 0.15) is 0 Å². The molecule has 0 saturated heterocycles. The molecule has 0 unspecified atom stereocenters. The molecule has 3 heteroatoms. The van der Waals surface area contributed by atoms with Crippen molar-refractivity contribution in [3.63, 3.8) is 0 Å². The van der Waals surface area contributed by atoms with E-state index < -0.39 is 0 Å². The normalized spacial score (nSPS) is 10.6. The van der Waals surface area contributed by atoms with Crippen LogP contribution in [0, 0.1) is 6.92 Å². The van der Waals surface area contributed by atoms with E-state index in [0.29, 0.717) is 11.5 Å². The minimum Gasteiger partial charge on any atom is -0.326 e. The fourth-order valence-electron chi connectivity index (χ4n) is 2.54. The highest BCUT2D eigenvalue weighted by molar-refractivity contribution is 6.00. The second kappa shape index (κ2) is 7.73. The molecule has 0 aliphatic carbocycles. The quantitative estimate of drug-likeness (QED) is 0.785. The van der Waals surface area contributed by atoms with Crippen LogP contribution in [-0.2, 0) is 4.79 Å². The van der Waals surface area contributed by atoms with Crippen LogP contribution >= 0.6 is 0 Å². The van der Waals surface area contributed by atoms with Gasteiger partial charge in [-0.2, -0.15) is 0 Å². The SMILES string of the molecule is Cc1cccc(C(C)C)c1NC(=O)CCC(=O)c1ccccc1. The third-order valence-electron chi connectivity index (χ3n) is 3.87. The summed E-state index contributed by atoms with van der Waals surface area (Å²) in [5.74, 6) is 0.205. The maximum atomic E-state index is 12.2. The van der Waals surface area contributed by atoms with Crippen molar-refractivity contribution in [1.82, 2.24) is 0 Å². The van der Waals surface area contributed by atoms with Gasteiger partial charge in [-0.3, -0.25) is 9.59 Å². The molecule has 23 heavy (non-hydrogen) atoms. The molecule has 0 saturated carbocycles. The van der Waals surface area contributed by atoms with Gasteiger partial charge in [0.05, 0.1) is 0 Å². The Morgan fingerprint density at radius 1 is 0.957 bits per heavy atom. The molecule has 0 aromatic heterocycles. The zero-order valence-electron chi connectivity index (χ0n) is 13.9. The summed E-state index contributed by atoms with van der Waals surface area (Å²) in [6.45, 7) is 6.18. The van der Waals surface area contributed by atoms with E-state index in [9.17, 15) is 9.59 Å². The van der Waals surface area contributed by atoms with E-state index in [1.807, 2.05) is 43.3 Å². The first kappa shape index (κ1) is 16.9. The number of Topliss-reactive ketones (excluding diaryl/α,β-unsaturated/α-hetero) is 1. The lowest BCUT2D eigenvalue weighted by molar-refractivity contribution is -0.116. The topological polar surface area (TPSA) is 46.2 Å². The largest absolute Gasteiger partial charge is 0.326 e. The Morgan fingerprint density at radius 2 is 1.65 bits per heavy atom. The number of rotatable bonds is 6. The van der Waals surface area contributed by atoms with E-state index in [1.165, 1.54) is 0 Å². The molecule has 1 N–H and O–H groups in total. The van der Waals surface area contributed by atoms with Gasteiger partial charge in [-0.25, -0.2) is 0 Å². The standard InChI is InChI=1S/C20H23NO2/c1-14(2)17-11-7-8-15(3)20(17)21-19(23)13-12-18(22)16-9-5-4-6-10-16/h4-11,14H,12-13H2,1-3H3,(H,21,23). The molecule has 0 spiro atoms. The number of carbonyl (C=O) groups is 2. The number of hydrogen-bond acceptors (Lipinski definition) is 2. The maximum absolute atomic E-state index is 12.2. The highest BCUT2D eigenvalue weighted by Crippen LogP contribution is 2.27. The summed E-state index contributed by atoms with van der Waals surface area (Å²) in [7, 11) is 0. The zero-order valence-corrected chi connectivity index (χ0v) is 13.9. The van der Waals surface area contributed by atoms with Crippen LogP contribution in [0.1, 0.15) is 54.1 Å². The van der Waals surface area contributed by atoms with Crippen molar-refractivity contribution < 1.29 is 9.59 Å². The summed E-state index contributed by atoms with van der Waals surface area (Å²) >= 11 is 0. The van der Waals surface area contributed by atoms with Crippen LogP contribution in [0.25, 0.3) is 0 Å². The molecule has 120 valence electrons. The Morgan fingerprint density at radius 3 is 2.30 bits per heavy atom. The number of nitrogens with one attached hydrogen (secondary N) is 1. The summed E-state index contributed by atoms with van der Waals surface area (Å²) in [6.07, 6.45) is 0.415. The molecule has 2 aromatic carbocycles. The van der Waals surface area contributed by atoms with Crippen molar-refractivity contribution >= 4 is 17.4 Å². The Balaban J connectivity index is 1.99. The Labute approximate surface area is 137 Å². The van der Waals surface area contributed by atoms with Gasteiger partial charge in [0.2, 0.25) is 5.91 Å². The second-order valence-corrected chi connectivity index (χ2v) is 6.03. The van der Waals surface area contributed by atoms with Crippen LogP contribution in [0.15, 0.2) is 48.5 Å². The van der Waals surface area contributed by atoms with E-state index in [2.05, 4.69) is 19.2 Å². The number of amides is 1. The molecule has 0 atom stereocenters. The first-order chi connectivity index (χ1) is 11.0. The molecular formula is C20H23NO2. The fourth-order valence-corrected chi connectivity index (χ4v) is 2.54. The number of para-hydroxylation sites is 1. The van der Waals surface area contributed by atoms with Crippen molar-refractivity contribution in [3.8, 4) is 0 Å². The molecular weight excluding hydrogens is 286 g/mol. The lowest BCUT2D eigenvalue weighted by atomic mass is 9.98. The average molecular weight is 309 g/mol. The van der Waals surface area contributed by atoms with Crippen LogP contribution in [0.3, 0.4) is 0 Å². The van der Waals surface area contributed by atoms with Crippen molar-refractivity contribution in [2.75, 3.05) is 5.32 Å². The Bertz CT molecular complexity index is 690. The number of ketones is 1. The number of benzene rings is 2. The first-order valence-electron chi connectivity index (χ1n) is 7.96. The van der Waals surface area contributed by atoms with Gasteiger partial charge in [0, 0.05) is 24.1 Å². The Hall–Kier alpha value is -2.42. The van der Waals surface area contributed by atoms with E-state index in [4.69, 9.17) is 0 Å². The molecule has 2 rings (SSSR count). The monoisotopic (exact) mass is 309 g/mol. The number of hydrogen-bond donors (Lipinski definition) is 1. The number of aryl methyl sites for hydroxylation is 1. The smallest absolute Gasteiger partial charge is 0.224 e. The van der Waals surface area contributed by atoms with Gasteiger partial charge in [-0.05, 0) is 24.0 Å². The summed E-state index contributed by atoms with van der Waals surface area (Å²) in [6, 6.07) is 15.1. The number of anilines is 1. The zero-order chi connectivity index (χ0) is 16.8. The van der Waals surface area contributed by atoms with Gasteiger partial charge in [-0.15, -0.1) is 0 Å². The van der Waals surface area contributed by atoms with Crippen molar-refractivity contribution in [2.45, 2.75) is 39.5 Å². The summed E-state index contributed by atoms with van der Waals surface area (Å²) in [5.41, 5.74) is 3.69. The molecule has 1 amide bonds. The lowest BCUT2D eigenvalue weighted by Gasteiger charge is -2.16. The first-order valence-corrected chi connectivity index (χ1v) is 7.96. The van der Waals surface area contributed by atoms with Gasteiger partial charge in [0.25, 0.3) is 0 Å². The van der Waals surface area contributed by atoms with Crippen LogP contribution in [0.5, 0.6) is 0 Å². The molecule has 0 aliphatic rings. The fraction of sp³-hybridized carbons (Fsp3) is 0.300. The summed E-state index contributed by atoms with van der Waals surface area (Å²) < 4.78 is 0. The molecule has 0 bridgehead atoms. The minimum absolute atomic E-state index is 0.00498. The van der Waals surface area contributed by atoms with Crippen molar-refractivity contribution in [1.29, 1.82) is 0 Å². The van der Waals surface area contributed by atoms with Gasteiger partial charge < -0.3 is 5.32 Å².